The Morgan fingerprint density at radius 1 is 1.30 bits per heavy atom. The lowest BCUT2D eigenvalue weighted by Crippen LogP contribution is -2.56. The monoisotopic (exact) mass is 436 g/mol. The molecule has 2 aliphatic rings. The molecular formula is C22H36N4O3S. The standard InChI is InChI=1S/C22H36N4O3S/c1-5-23-21(25(2)15-18-6-7-19(27-3)14-20(18)28-4)24-16-22(8-13-30-17-22)26-9-11-29-12-10-26/h6-7,14H,5,8-13,15-17H2,1-4H3,(H,23,24). The van der Waals surface area contributed by atoms with Crippen LogP contribution in [0, 0.1) is 0 Å². The van der Waals surface area contributed by atoms with Crippen molar-refractivity contribution >= 4 is 17.7 Å². The largest absolute Gasteiger partial charge is 0.497 e. The minimum atomic E-state index is 0.147. The fraction of sp³-hybridized carbons (Fsp3) is 0.682. The highest BCUT2D eigenvalue weighted by molar-refractivity contribution is 7.99. The lowest BCUT2D eigenvalue weighted by atomic mass is 9.96. The number of morpholine rings is 1. The zero-order chi connectivity index (χ0) is 21.4. The van der Waals surface area contributed by atoms with E-state index in [-0.39, 0.29) is 5.54 Å². The van der Waals surface area contributed by atoms with Crippen LogP contribution in [0.25, 0.3) is 0 Å². The second kappa shape index (κ2) is 11.1. The third-order valence-electron chi connectivity index (χ3n) is 5.89. The smallest absolute Gasteiger partial charge is 0.194 e. The molecule has 0 aromatic heterocycles. The SMILES string of the molecule is CCNC(=NCC1(N2CCOCC2)CCSC1)N(C)Cc1ccc(OC)cc1OC. The zero-order valence-electron chi connectivity index (χ0n) is 18.8. The molecule has 0 radical (unpaired) electrons. The second-order valence-electron chi connectivity index (χ2n) is 7.83. The van der Waals surface area contributed by atoms with Crippen LogP contribution < -0.4 is 14.8 Å². The third-order valence-corrected chi connectivity index (χ3v) is 7.12. The van der Waals surface area contributed by atoms with Crippen LogP contribution in [-0.2, 0) is 11.3 Å². The van der Waals surface area contributed by atoms with Gasteiger partial charge in [0.15, 0.2) is 5.96 Å². The summed E-state index contributed by atoms with van der Waals surface area (Å²) in [6.07, 6.45) is 1.19. The molecule has 1 aromatic rings. The maximum Gasteiger partial charge on any atom is 0.194 e. The topological polar surface area (TPSA) is 58.6 Å². The Balaban J connectivity index is 1.74. The Morgan fingerprint density at radius 3 is 2.73 bits per heavy atom. The van der Waals surface area contributed by atoms with Gasteiger partial charge in [0, 0.05) is 50.6 Å². The number of aliphatic imine (C=N–C) groups is 1. The summed E-state index contributed by atoms with van der Waals surface area (Å²) in [5.41, 5.74) is 1.25. The van der Waals surface area contributed by atoms with Crippen molar-refractivity contribution in [1.29, 1.82) is 0 Å². The molecule has 8 heteroatoms. The molecule has 0 aliphatic carbocycles. The average molecular weight is 437 g/mol. The molecule has 1 N–H and O–H groups in total. The van der Waals surface area contributed by atoms with Gasteiger partial charge in [-0.15, -0.1) is 0 Å². The van der Waals surface area contributed by atoms with Crippen LogP contribution in [0.15, 0.2) is 23.2 Å². The summed E-state index contributed by atoms with van der Waals surface area (Å²) in [6.45, 7) is 8.13. The van der Waals surface area contributed by atoms with Gasteiger partial charge in [0.2, 0.25) is 0 Å². The van der Waals surface area contributed by atoms with Crippen molar-refractivity contribution in [1.82, 2.24) is 15.1 Å². The molecule has 0 bridgehead atoms. The van der Waals surface area contributed by atoms with Gasteiger partial charge < -0.3 is 24.4 Å². The van der Waals surface area contributed by atoms with Crippen LogP contribution in [0.1, 0.15) is 18.9 Å². The normalized spacial score (nSPS) is 22.7. The second-order valence-corrected chi connectivity index (χ2v) is 8.94. The van der Waals surface area contributed by atoms with Crippen molar-refractivity contribution in [2.45, 2.75) is 25.4 Å². The number of hydrogen-bond acceptors (Lipinski definition) is 6. The van der Waals surface area contributed by atoms with Crippen LogP contribution in [0.4, 0.5) is 0 Å². The first-order valence-corrected chi connectivity index (χ1v) is 11.9. The Morgan fingerprint density at radius 2 is 2.10 bits per heavy atom. The van der Waals surface area contributed by atoms with Crippen molar-refractivity contribution < 1.29 is 14.2 Å². The number of nitrogens with one attached hydrogen (secondary N) is 1. The molecule has 0 amide bonds. The summed E-state index contributed by atoms with van der Waals surface area (Å²) in [4.78, 5) is 9.88. The molecule has 1 aromatic carbocycles. The predicted octanol–water partition coefficient (Wildman–Crippen LogP) is 2.31. The first kappa shape index (κ1) is 23.0. The van der Waals surface area contributed by atoms with E-state index < -0.39 is 0 Å². The minimum Gasteiger partial charge on any atom is -0.497 e. The van der Waals surface area contributed by atoms with Gasteiger partial charge in [-0.05, 0) is 31.2 Å². The Kier molecular flexibility index (Phi) is 8.53. The van der Waals surface area contributed by atoms with Crippen molar-refractivity contribution in [2.24, 2.45) is 4.99 Å². The first-order chi connectivity index (χ1) is 14.6. The summed E-state index contributed by atoms with van der Waals surface area (Å²) >= 11 is 2.04. The van der Waals surface area contributed by atoms with Crippen LogP contribution in [-0.4, -0.2) is 93.5 Å². The van der Waals surface area contributed by atoms with E-state index in [1.807, 2.05) is 23.9 Å². The average Bonchev–Trinajstić information content (AvgIpc) is 3.27. The molecule has 0 spiro atoms. The highest BCUT2D eigenvalue weighted by Crippen LogP contribution is 2.34. The van der Waals surface area contributed by atoms with Gasteiger partial charge in [-0.1, -0.05) is 0 Å². The van der Waals surface area contributed by atoms with E-state index in [4.69, 9.17) is 19.2 Å². The third kappa shape index (κ3) is 5.53. The molecule has 3 rings (SSSR count). The number of ether oxygens (including phenoxy) is 3. The van der Waals surface area contributed by atoms with E-state index in [0.717, 1.165) is 68.2 Å². The van der Waals surface area contributed by atoms with E-state index >= 15 is 0 Å². The Hall–Kier alpha value is -1.64. The first-order valence-electron chi connectivity index (χ1n) is 10.7. The zero-order valence-corrected chi connectivity index (χ0v) is 19.6. The van der Waals surface area contributed by atoms with Crippen LogP contribution in [0.5, 0.6) is 11.5 Å². The van der Waals surface area contributed by atoms with Crippen LogP contribution >= 0.6 is 11.8 Å². The van der Waals surface area contributed by atoms with Crippen molar-refractivity contribution in [3.05, 3.63) is 23.8 Å². The number of guanidine groups is 1. The fourth-order valence-electron chi connectivity index (χ4n) is 4.11. The molecular weight excluding hydrogens is 400 g/mol. The number of nitrogens with zero attached hydrogens (tertiary/aromatic N) is 3. The summed E-state index contributed by atoms with van der Waals surface area (Å²) in [6, 6.07) is 5.95. The maximum absolute atomic E-state index is 5.59. The predicted molar refractivity (Wildman–Crippen MR) is 124 cm³/mol. The van der Waals surface area contributed by atoms with E-state index in [2.05, 4.69) is 35.2 Å². The van der Waals surface area contributed by atoms with Crippen LogP contribution in [0.3, 0.4) is 0 Å². The lowest BCUT2D eigenvalue weighted by Gasteiger charge is -2.42. The summed E-state index contributed by atoms with van der Waals surface area (Å²) in [5, 5.41) is 3.47. The summed E-state index contributed by atoms with van der Waals surface area (Å²) < 4.78 is 16.5. The summed E-state index contributed by atoms with van der Waals surface area (Å²) in [7, 11) is 5.44. The molecule has 30 heavy (non-hydrogen) atoms. The molecule has 0 saturated carbocycles. The van der Waals surface area contributed by atoms with Gasteiger partial charge in [0.1, 0.15) is 11.5 Å². The number of benzene rings is 1. The minimum absolute atomic E-state index is 0.147. The maximum atomic E-state index is 5.59. The molecule has 1 atom stereocenters. The number of hydrogen-bond donors (Lipinski definition) is 1. The van der Waals surface area contributed by atoms with E-state index in [1.54, 1.807) is 14.2 Å². The molecule has 2 heterocycles. The van der Waals surface area contributed by atoms with Crippen molar-refractivity contribution in [3.8, 4) is 11.5 Å². The Bertz CT molecular complexity index is 704. The summed E-state index contributed by atoms with van der Waals surface area (Å²) in [5.74, 6) is 4.91. The van der Waals surface area contributed by atoms with Gasteiger partial charge in [-0.3, -0.25) is 9.89 Å². The number of rotatable bonds is 8. The van der Waals surface area contributed by atoms with E-state index in [1.165, 1.54) is 12.2 Å². The fourth-order valence-corrected chi connectivity index (χ4v) is 5.58. The van der Waals surface area contributed by atoms with Gasteiger partial charge in [-0.2, -0.15) is 11.8 Å². The highest BCUT2D eigenvalue weighted by Gasteiger charge is 2.40. The van der Waals surface area contributed by atoms with Crippen LogP contribution in [0.2, 0.25) is 0 Å². The number of methoxy groups -OCH3 is 2. The molecule has 2 saturated heterocycles. The van der Waals surface area contributed by atoms with Gasteiger partial charge in [0.05, 0.1) is 39.5 Å². The lowest BCUT2D eigenvalue weighted by molar-refractivity contribution is -0.0105. The number of thioether (sulfide) groups is 1. The molecule has 2 aliphatic heterocycles. The van der Waals surface area contributed by atoms with E-state index in [0.29, 0.717) is 6.54 Å². The Labute approximate surface area is 185 Å². The molecule has 7 nitrogen and oxygen atoms in total. The van der Waals surface area contributed by atoms with Gasteiger partial charge >= 0.3 is 0 Å². The molecule has 168 valence electrons. The van der Waals surface area contributed by atoms with Gasteiger partial charge in [-0.25, -0.2) is 0 Å². The molecule has 2 fully saturated rings. The van der Waals surface area contributed by atoms with Crippen molar-refractivity contribution in [2.75, 3.05) is 72.2 Å². The quantitative estimate of drug-likeness (QED) is 0.496. The molecule has 1 unspecified atom stereocenters. The highest BCUT2D eigenvalue weighted by atomic mass is 32.2. The van der Waals surface area contributed by atoms with E-state index in [9.17, 15) is 0 Å². The van der Waals surface area contributed by atoms with Gasteiger partial charge in [0.25, 0.3) is 0 Å². The van der Waals surface area contributed by atoms with Crippen molar-refractivity contribution in [3.63, 3.8) is 0 Å².